The Morgan fingerprint density at radius 1 is 1.24 bits per heavy atom. The number of imidazole rings is 1. The van der Waals surface area contributed by atoms with Crippen molar-refractivity contribution in [3.63, 3.8) is 0 Å². The zero-order valence-electron chi connectivity index (χ0n) is 16.7. The Morgan fingerprint density at radius 3 is 2.52 bits per heavy atom. The monoisotopic (exact) mass is 402 g/mol. The first-order chi connectivity index (χ1) is 13.8. The van der Waals surface area contributed by atoms with Gasteiger partial charge in [-0.2, -0.15) is 0 Å². The number of nitrogens with one attached hydrogen (secondary N) is 1. The second-order valence-electron chi connectivity index (χ2n) is 7.09. The largest absolute Gasteiger partial charge is 0.481 e. The van der Waals surface area contributed by atoms with E-state index in [1.807, 2.05) is 31.2 Å². The van der Waals surface area contributed by atoms with Gasteiger partial charge in [-0.1, -0.05) is 26.0 Å². The van der Waals surface area contributed by atoms with Crippen LogP contribution in [0.5, 0.6) is 0 Å². The van der Waals surface area contributed by atoms with Crippen LogP contribution in [0.25, 0.3) is 11.0 Å². The van der Waals surface area contributed by atoms with Crippen molar-refractivity contribution in [2.24, 2.45) is 11.8 Å². The van der Waals surface area contributed by atoms with Crippen LogP contribution in [-0.2, 0) is 19.2 Å². The second-order valence-corrected chi connectivity index (χ2v) is 7.09. The van der Waals surface area contributed by atoms with Crippen molar-refractivity contribution in [1.82, 2.24) is 15.0 Å². The van der Waals surface area contributed by atoms with Crippen molar-refractivity contribution in [3.8, 4) is 0 Å². The highest BCUT2D eigenvalue weighted by Crippen LogP contribution is 2.19. The Morgan fingerprint density at radius 2 is 1.93 bits per heavy atom. The normalized spacial score (nSPS) is 13.1. The van der Waals surface area contributed by atoms with Crippen LogP contribution in [0.15, 0.2) is 30.6 Å². The molecule has 2 amide bonds. The fourth-order valence-corrected chi connectivity index (χ4v) is 3.12. The number of amides is 2. The van der Waals surface area contributed by atoms with Crippen molar-refractivity contribution >= 4 is 35.1 Å². The third-order valence-corrected chi connectivity index (χ3v) is 4.70. The number of hydrogen-bond acceptors (Lipinski definition) is 5. The van der Waals surface area contributed by atoms with Crippen molar-refractivity contribution in [2.45, 2.75) is 39.7 Å². The first kappa shape index (κ1) is 22.1. The molecular weight excluding hydrogens is 376 g/mol. The Balaban J connectivity index is 2.18. The summed E-state index contributed by atoms with van der Waals surface area (Å²) in [5.74, 6) is -2.87. The van der Waals surface area contributed by atoms with Crippen molar-refractivity contribution in [1.29, 1.82) is 0 Å². The number of aliphatic carboxylic acids is 1. The molecule has 0 saturated heterocycles. The standard InChI is InChI=1S/C20H26N4O5/c1-4-23(24-12-21-16-7-5-6-8-17(16)24)18(26)10-15(13(2)3)20(29)22-14(11-25)9-19(27)28/h5-8,11-15H,4,9-10H2,1-3H3,(H,22,29)(H,27,28). The summed E-state index contributed by atoms with van der Waals surface area (Å²) < 4.78 is 1.66. The van der Waals surface area contributed by atoms with E-state index in [9.17, 15) is 19.2 Å². The zero-order chi connectivity index (χ0) is 21.6. The van der Waals surface area contributed by atoms with Gasteiger partial charge in [0, 0.05) is 18.9 Å². The van der Waals surface area contributed by atoms with E-state index in [0.717, 1.165) is 11.0 Å². The van der Waals surface area contributed by atoms with Crippen LogP contribution >= 0.6 is 0 Å². The molecule has 2 atom stereocenters. The highest BCUT2D eigenvalue weighted by atomic mass is 16.4. The lowest BCUT2D eigenvalue weighted by Crippen LogP contribution is -2.46. The molecular formula is C20H26N4O5. The highest BCUT2D eigenvalue weighted by Gasteiger charge is 2.30. The van der Waals surface area contributed by atoms with Crippen LogP contribution in [-0.4, -0.2) is 51.4 Å². The van der Waals surface area contributed by atoms with Crippen molar-refractivity contribution in [2.75, 3.05) is 11.6 Å². The minimum absolute atomic E-state index is 0.0809. The number of carboxylic acids is 1. The number of fused-ring (bicyclic) bond motifs is 1. The third kappa shape index (κ3) is 5.40. The molecule has 0 fully saturated rings. The number of aromatic nitrogens is 2. The molecule has 0 aliphatic rings. The number of para-hydroxylation sites is 2. The highest BCUT2D eigenvalue weighted by molar-refractivity contribution is 5.93. The summed E-state index contributed by atoms with van der Waals surface area (Å²) >= 11 is 0. The molecule has 0 aliphatic heterocycles. The maximum atomic E-state index is 13.0. The fourth-order valence-electron chi connectivity index (χ4n) is 3.12. The van der Waals surface area contributed by atoms with Gasteiger partial charge in [0.05, 0.1) is 23.5 Å². The third-order valence-electron chi connectivity index (χ3n) is 4.70. The molecule has 2 N–H and O–H groups in total. The number of carbonyl (C=O) groups is 4. The lowest BCUT2D eigenvalue weighted by Gasteiger charge is -2.27. The lowest BCUT2D eigenvalue weighted by atomic mass is 9.90. The van der Waals surface area contributed by atoms with Crippen molar-refractivity contribution in [3.05, 3.63) is 30.6 Å². The summed E-state index contributed by atoms with van der Waals surface area (Å²) in [4.78, 5) is 51.8. The fraction of sp³-hybridized carbons (Fsp3) is 0.450. The van der Waals surface area contributed by atoms with Gasteiger partial charge < -0.3 is 15.2 Å². The van der Waals surface area contributed by atoms with E-state index in [1.165, 1.54) is 5.01 Å². The van der Waals surface area contributed by atoms with E-state index in [-0.39, 0.29) is 18.2 Å². The molecule has 1 aromatic carbocycles. The van der Waals surface area contributed by atoms with E-state index >= 15 is 0 Å². The minimum atomic E-state index is -1.19. The van der Waals surface area contributed by atoms with E-state index in [0.29, 0.717) is 12.8 Å². The van der Waals surface area contributed by atoms with Crippen LogP contribution in [0.4, 0.5) is 0 Å². The van der Waals surface area contributed by atoms with Gasteiger partial charge >= 0.3 is 5.97 Å². The lowest BCUT2D eigenvalue weighted by molar-refractivity contribution is -0.139. The molecule has 2 aromatic rings. The molecule has 156 valence electrons. The number of hydrogen-bond donors (Lipinski definition) is 2. The van der Waals surface area contributed by atoms with Crippen LogP contribution in [0.1, 0.15) is 33.6 Å². The van der Waals surface area contributed by atoms with Gasteiger partial charge in [0.1, 0.15) is 12.6 Å². The van der Waals surface area contributed by atoms with Gasteiger partial charge in [-0.15, -0.1) is 0 Å². The average Bonchev–Trinajstić information content (AvgIpc) is 3.09. The van der Waals surface area contributed by atoms with Gasteiger partial charge in [0.25, 0.3) is 0 Å². The second kappa shape index (κ2) is 9.81. The molecule has 1 heterocycles. The molecule has 0 bridgehead atoms. The molecule has 1 aromatic heterocycles. The topological polar surface area (TPSA) is 122 Å². The first-order valence-electron chi connectivity index (χ1n) is 9.48. The molecule has 2 unspecified atom stereocenters. The SMILES string of the molecule is CCN(C(=O)CC(C(=O)NC(C=O)CC(=O)O)C(C)C)n1cnc2ccccc21. The van der Waals surface area contributed by atoms with Gasteiger partial charge in [-0.3, -0.25) is 14.4 Å². The first-order valence-corrected chi connectivity index (χ1v) is 9.48. The van der Waals surface area contributed by atoms with Gasteiger partial charge in [-0.25, -0.2) is 14.7 Å². The number of rotatable bonds is 10. The Kier molecular flexibility index (Phi) is 7.46. The summed E-state index contributed by atoms with van der Waals surface area (Å²) in [6, 6.07) is 6.28. The molecule has 0 saturated carbocycles. The molecule has 0 radical (unpaired) electrons. The number of aldehydes is 1. The molecule has 29 heavy (non-hydrogen) atoms. The zero-order valence-corrected chi connectivity index (χ0v) is 16.7. The number of carbonyl (C=O) groups excluding carboxylic acids is 3. The van der Waals surface area contributed by atoms with E-state index < -0.39 is 30.3 Å². The predicted octanol–water partition coefficient (Wildman–Crippen LogP) is 1.34. The molecule has 9 nitrogen and oxygen atoms in total. The number of benzene rings is 1. The predicted molar refractivity (Wildman–Crippen MR) is 107 cm³/mol. The van der Waals surface area contributed by atoms with Gasteiger partial charge in [0.2, 0.25) is 11.8 Å². The Hall–Kier alpha value is -3.23. The molecule has 0 aliphatic carbocycles. The molecule has 2 rings (SSSR count). The van der Waals surface area contributed by atoms with E-state index in [2.05, 4.69) is 10.3 Å². The van der Waals surface area contributed by atoms with Crippen LogP contribution in [0.2, 0.25) is 0 Å². The van der Waals surface area contributed by atoms with Gasteiger partial charge in [0.15, 0.2) is 0 Å². The smallest absolute Gasteiger partial charge is 0.305 e. The summed E-state index contributed by atoms with van der Waals surface area (Å²) in [6.45, 7) is 5.80. The summed E-state index contributed by atoms with van der Waals surface area (Å²) in [5.41, 5.74) is 1.52. The van der Waals surface area contributed by atoms with Crippen LogP contribution in [0.3, 0.4) is 0 Å². The quantitative estimate of drug-likeness (QED) is 0.579. The van der Waals surface area contributed by atoms with Crippen molar-refractivity contribution < 1.29 is 24.3 Å². The Bertz CT molecular complexity index is 892. The molecule has 0 spiro atoms. The maximum Gasteiger partial charge on any atom is 0.305 e. The summed E-state index contributed by atoms with van der Waals surface area (Å²) in [7, 11) is 0. The average molecular weight is 402 g/mol. The number of carboxylic acid groups (broad SMARTS) is 1. The van der Waals surface area contributed by atoms with Crippen LogP contribution < -0.4 is 10.3 Å². The maximum absolute atomic E-state index is 13.0. The van der Waals surface area contributed by atoms with E-state index in [4.69, 9.17) is 5.11 Å². The Labute approximate surface area is 168 Å². The number of nitrogens with zero attached hydrogens (tertiary/aromatic N) is 3. The molecule has 9 heteroatoms. The van der Waals surface area contributed by atoms with Gasteiger partial charge in [-0.05, 0) is 25.0 Å². The van der Waals surface area contributed by atoms with E-state index in [1.54, 1.807) is 24.9 Å². The minimum Gasteiger partial charge on any atom is -0.481 e. The summed E-state index contributed by atoms with van der Waals surface area (Å²) in [5, 5.41) is 12.8. The summed E-state index contributed by atoms with van der Waals surface area (Å²) in [6.07, 6.45) is 1.37. The van der Waals surface area contributed by atoms with Crippen LogP contribution in [0, 0.1) is 11.8 Å².